The lowest BCUT2D eigenvalue weighted by atomic mass is 10.0. The number of carbonyl (C=O) groups is 2. The number of ether oxygens (including phenoxy) is 1. The van der Waals surface area contributed by atoms with E-state index in [1.54, 1.807) is 6.08 Å². The number of rotatable bonds is 8. The Kier molecular flexibility index (Phi) is 6.76. The maximum atomic E-state index is 11.9. The second kappa shape index (κ2) is 9.06. The van der Waals surface area contributed by atoms with Crippen LogP contribution in [0.2, 0.25) is 0 Å². The van der Waals surface area contributed by atoms with E-state index in [2.05, 4.69) is 0 Å². The summed E-state index contributed by atoms with van der Waals surface area (Å²) in [7, 11) is 0. The van der Waals surface area contributed by atoms with Crippen molar-refractivity contribution in [2.75, 3.05) is 0 Å². The molecular weight excluding hydrogens is 292 g/mol. The van der Waals surface area contributed by atoms with Crippen molar-refractivity contribution in [1.82, 2.24) is 0 Å². The molecule has 2 unspecified atom stereocenters. The molecule has 1 aliphatic rings. The van der Waals surface area contributed by atoms with Gasteiger partial charge in [-0.1, -0.05) is 48.6 Å². The number of esters is 1. The van der Waals surface area contributed by atoms with Crippen LogP contribution in [0.15, 0.2) is 48.6 Å². The van der Waals surface area contributed by atoms with Crippen molar-refractivity contribution >= 4 is 17.8 Å². The zero-order valence-electron chi connectivity index (χ0n) is 13.1. The highest BCUT2D eigenvalue weighted by molar-refractivity contribution is 5.82. The average molecular weight is 314 g/mol. The van der Waals surface area contributed by atoms with Crippen LogP contribution < -0.4 is 0 Å². The van der Waals surface area contributed by atoms with Gasteiger partial charge >= 0.3 is 5.97 Å². The number of allylic oxidation sites excluding steroid dienone is 1. The minimum Gasteiger partial charge on any atom is -0.459 e. The quantitative estimate of drug-likeness (QED) is 0.749. The summed E-state index contributed by atoms with van der Waals surface area (Å²) in [6.45, 7) is 0. The highest BCUT2D eigenvalue weighted by atomic mass is 16.5. The average Bonchev–Trinajstić information content (AvgIpc) is 2.52. The third-order valence-electron chi connectivity index (χ3n) is 3.63. The molecule has 4 heteroatoms. The van der Waals surface area contributed by atoms with Gasteiger partial charge in [0.15, 0.2) is 0 Å². The van der Waals surface area contributed by atoms with E-state index >= 15 is 0 Å². The van der Waals surface area contributed by atoms with Gasteiger partial charge in [-0.25, -0.2) is 4.79 Å². The van der Waals surface area contributed by atoms with E-state index in [4.69, 9.17) is 4.74 Å². The Morgan fingerprint density at radius 2 is 2.13 bits per heavy atom. The second-order valence-electron chi connectivity index (χ2n) is 5.68. The molecule has 1 aromatic rings. The molecule has 4 nitrogen and oxygen atoms in total. The van der Waals surface area contributed by atoms with E-state index in [1.807, 2.05) is 42.5 Å². The first kappa shape index (κ1) is 17.2. The van der Waals surface area contributed by atoms with Crippen LogP contribution in [0.4, 0.5) is 0 Å². The number of Topliss-reactive ketones (excluding diaryl/α,β-unsaturated/α-hetero) is 1. The largest absolute Gasteiger partial charge is 0.459 e. The Bertz CT molecular complexity index is 574. The molecule has 0 saturated heterocycles. The van der Waals surface area contributed by atoms with Crippen LogP contribution in [0, 0.1) is 0 Å². The summed E-state index contributed by atoms with van der Waals surface area (Å²) in [5.74, 6) is -0.362. The standard InChI is InChI=1S/C19H22O4/c20-16(10-5-4-9-15-7-2-1-3-8-15)13-17(21)14-18-11-6-12-19(22)23-18/h1-4,6-9,12,17-18,21H,5,10-11,13-14H2/b9-4+. The van der Waals surface area contributed by atoms with E-state index < -0.39 is 6.10 Å². The van der Waals surface area contributed by atoms with Crippen molar-refractivity contribution in [1.29, 1.82) is 0 Å². The van der Waals surface area contributed by atoms with Gasteiger partial charge in [0.1, 0.15) is 11.9 Å². The lowest BCUT2D eigenvalue weighted by Gasteiger charge is -2.21. The van der Waals surface area contributed by atoms with Gasteiger partial charge in [-0.3, -0.25) is 4.79 Å². The number of hydrogen-bond donors (Lipinski definition) is 1. The topological polar surface area (TPSA) is 63.6 Å². The Labute approximate surface area is 136 Å². The van der Waals surface area contributed by atoms with Crippen molar-refractivity contribution in [3.05, 3.63) is 54.1 Å². The summed E-state index contributed by atoms with van der Waals surface area (Å²) in [6.07, 6.45) is 8.05. The summed E-state index contributed by atoms with van der Waals surface area (Å²) in [5.41, 5.74) is 1.10. The third-order valence-corrected chi connectivity index (χ3v) is 3.63. The molecule has 0 saturated carbocycles. The number of ketones is 1. The van der Waals surface area contributed by atoms with E-state index in [0.717, 1.165) is 5.56 Å². The summed E-state index contributed by atoms with van der Waals surface area (Å²) in [4.78, 5) is 23.0. The fraction of sp³-hybridized carbons (Fsp3) is 0.368. The zero-order chi connectivity index (χ0) is 16.5. The first-order chi connectivity index (χ1) is 11.1. The Balaban J connectivity index is 1.65. The fourth-order valence-corrected chi connectivity index (χ4v) is 2.49. The van der Waals surface area contributed by atoms with Crippen molar-refractivity contribution in [2.45, 2.75) is 44.3 Å². The smallest absolute Gasteiger partial charge is 0.330 e. The highest BCUT2D eigenvalue weighted by Gasteiger charge is 2.21. The number of cyclic esters (lactones) is 1. The zero-order valence-corrected chi connectivity index (χ0v) is 13.1. The fourth-order valence-electron chi connectivity index (χ4n) is 2.49. The minimum absolute atomic E-state index is 0.0212. The molecule has 2 rings (SSSR count). The maximum absolute atomic E-state index is 11.9. The molecule has 0 amide bonds. The first-order valence-electron chi connectivity index (χ1n) is 7.92. The van der Waals surface area contributed by atoms with Gasteiger partial charge < -0.3 is 9.84 Å². The number of benzene rings is 1. The molecule has 0 spiro atoms. The monoisotopic (exact) mass is 314 g/mol. The lowest BCUT2D eigenvalue weighted by molar-refractivity contribution is -0.145. The van der Waals surface area contributed by atoms with E-state index in [0.29, 0.717) is 25.7 Å². The van der Waals surface area contributed by atoms with Crippen LogP contribution in [-0.4, -0.2) is 29.1 Å². The van der Waals surface area contributed by atoms with Gasteiger partial charge in [-0.2, -0.15) is 0 Å². The van der Waals surface area contributed by atoms with Gasteiger partial charge in [-0.15, -0.1) is 0 Å². The van der Waals surface area contributed by atoms with Crippen LogP contribution >= 0.6 is 0 Å². The number of hydrogen-bond acceptors (Lipinski definition) is 4. The van der Waals surface area contributed by atoms with Crippen LogP contribution in [0.3, 0.4) is 0 Å². The normalized spacial score (nSPS) is 18.8. The molecule has 122 valence electrons. The van der Waals surface area contributed by atoms with Crippen molar-refractivity contribution in [3.8, 4) is 0 Å². The van der Waals surface area contributed by atoms with Gasteiger partial charge in [0.05, 0.1) is 6.10 Å². The molecule has 0 aromatic heterocycles. The summed E-state index contributed by atoms with van der Waals surface area (Å²) in [6, 6.07) is 9.90. The van der Waals surface area contributed by atoms with Crippen molar-refractivity contribution in [3.63, 3.8) is 0 Å². The van der Waals surface area contributed by atoms with E-state index in [1.165, 1.54) is 6.08 Å². The van der Waals surface area contributed by atoms with Gasteiger partial charge in [0.25, 0.3) is 0 Å². The summed E-state index contributed by atoms with van der Waals surface area (Å²) in [5, 5.41) is 9.94. The molecule has 1 N–H and O–H groups in total. The Morgan fingerprint density at radius 1 is 1.35 bits per heavy atom. The lowest BCUT2D eigenvalue weighted by Crippen LogP contribution is -2.26. The van der Waals surface area contributed by atoms with Crippen LogP contribution in [0.1, 0.15) is 37.7 Å². The second-order valence-corrected chi connectivity index (χ2v) is 5.68. The SMILES string of the molecule is O=C(CC/C=C/c1ccccc1)CC(O)CC1CC=CC(=O)O1. The molecule has 1 heterocycles. The molecule has 0 fully saturated rings. The molecule has 0 radical (unpaired) electrons. The molecule has 1 aromatic carbocycles. The van der Waals surface area contributed by atoms with Crippen molar-refractivity contribution in [2.24, 2.45) is 0 Å². The van der Waals surface area contributed by atoms with Gasteiger partial charge in [-0.05, 0) is 12.0 Å². The van der Waals surface area contributed by atoms with Crippen LogP contribution in [0.25, 0.3) is 6.08 Å². The van der Waals surface area contributed by atoms with Gasteiger partial charge in [0.2, 0.25) is 0 Å². The maximum Gasteiger partial charge on any atom is 0.330 e. The minimum atomic E-state index is -0.759. The Morgan fingerprint density at radius 3 is 2.87 bits per heavy atom. The predicted octanol–water partition coefficient (Wildman–Crippen LogP) is 3.06. The molecule has 2 atom stereocenters. The molecule has 1 aliphatic heterocycles. The highest BCUT2D eigenvalue weighted by Crippen LogP contribution is 2.15. The van der Waals surface area contributed by atoms with Crippen LogP contribution in [-0.2, 0) is 14.3 Å². The molecule has 0 bridgehead atoms. The number of carbonyl (C=O) groups excluding carboxylic acids is 2. The number of aliphatic hydroxyl groups excluding tert-OH is 1. The number of aliphatic hydroxyl groups is 1. The van der Waals surface area contributed by atoms with E-state index in [9.17, 15) is 14.7 Å². The van der Waals surface area contributed by atoms with E-state index in [-0.39, 0.29) is 24.3 Å². The Hall–Kier alpha value is -2.20. The molecular formula is C19H22O4. The van der Waals surface area contributed by atoms with Crippen molar-refractivity contribution < 1.29 is 19.4 Å². The summed E-state index contributed by atoms with van der Waals surface area (Å²) < 4.78 is 5.08. The first-order valence-corrected chi connectivity index (χ1v) is 7.92. The predicted molar refractivity (Wildman–Crippen MR) is 88.6 cm³/mol. The molecule has 23 heavy (non-hydrogen) atoms. The third kappa shape index (κ3) is 6.61. The van der Waals surface area contributed by atoms with Gasteiger partial charge in [0, 0.05) is 31.8 Å². The summed E-state index contributed by atoms with van der Waals surface area (Å²) >= 11 is 0. The molecule has 0 aliphatic carbocycles. The van der Waals surface area contributed by atoms with Crippen LogP contribution in [0.5, 0.6) is 0 Å².